The van der Waals surface area contributed by atoms with Crippen LogP contribution >= 0.6 is 0 Å². The van der Waals surface area contributed by atoms with Crippen LogP contribution in [0.2, 0.25) is 0 Å². The minimum absolute atomic E-state index is 0.209. The van der Waals surface area contributed by atoms with E-state index in [2.05, 4.69) is 27.5 Å². The standard InChI is InChI=1S/C22H28N6O3/c1-13-7-8-22(4,16-5-6-18(24-10-16)26-15(3)29)28(12-13)21(31)20(30)27-17-9-14(2)19(23)25-11-17/h5-6,9-11,13H,7-8,12H2,1-4H3,(H2,23,25)(H,27,30)(H,24,26,29)/t13-,22-/m0/s1. The summed E-state index contributed by atoms with van der Waals surface area (Å²) < 4.78 is 0. The van der Waals surface area contributed by atoms with Crippen molar-refractivity contribution in [2.45, 2.75) is 46.1 Å². The fourth-order valence-electron chi connectivity index (χ4n) is 3.80. The molecule has 164 valence electrons. The van der Waals surface area contributed by atoms with Gasteiger partial charge in [0.25, 0.3) is 0 Å². The number of amides is 3. The van der Waals surface area contributed by atoms with Gasteiger partial charge in [-0.05, 0) is 55.9 Å². The van der Waals surface area contributed by atoms with Crippen LogP contribution in [-0.4, -0.2) is 39.1 Å². The lowest BCUT2D eigenvalue weighted by Gasteiger charge is -2.46. The van der Waals surface area contributed by atoms with Crippen molar-refractivity contribution in [3.8, 4) is 0 Å². The number of nitrogens with one attached hydrogen (secondary N) is 2. The van der Waals surface area contributed by atoms with Crippen LogP contribution in [0, 0.1) is 12.8 Å². The first-order chi connectivity index (χ1) is 14.6. The molecule has 0 aliphatic carbocycles. The molecule has 1 aliphatic rings. The molecular formula is C22H28N6O3. The van der Waals surface area contributed by atoms with Gasteiger partial charge in [-0.25, -0.2) is 9.97 Å². The molecule has 31 heavy (non-hydrogen) atoms. The number of nitrogens with two attached hydrogens (primary N) is 1. The highest BCUT2D eigenvalue weighted by atomic mass is 16.2. The third kappa shape index (κ3) is 4.82. The number of likely N-dealkylation sites (tertiary alicyclic amines) is 1. The van der Waals surface area contributed by atoms with Crippen LogP contribution in [0.3, 0.4) is 0 Å². The van der Waals surface area contributed by atoms with Crippen LogP contribution in [0.25, 0.3) is 0 Å². The average Bonchev–Trinajstić information content (AvgIpc) is 2.72. The summed E-state index contributed by atoms with van der Waals surface area (Å²) in [7, 11) is 0. The molecule has 3 amide bonds. The van der Waals surface area contributed by atoms with Crippen LogP contribution < -0.4 is 16.4 Å². The first kappa shape index (κ1) is 22.2. The van der Waals surface area contributed by atoms with E-state index < -0.39 is 17.4 Å². The predicted molar refractivity (Wildman–Crippen MR) is 118 cm³/mol. The Morgan fingerprint density at radius 1 is 1.19 bits per heavy atom. The third-order valence-corrected chi connectivity index (χ3v) is 5.72. The van der Waals surface area contributed by atoms with Crippen LogP contribution in [-0.2, 0) is 19.9 Å². The fraction of sp³-hybridized carbons (Fsp3) is 0.409. The monoisotopic (exact) mass is 424 g/mol. The zero-order chi connectivity index (χ0) is 22.8. The molecule has 0 unspecified atom stereocenters. The minimum Gasteiger partial charge on any atom is -0.383 e. The maximum absolute atomic E-state index is 13.2. The van der Waals surface area contributed by atoms with Gasteiger partial charge in [-0.2, -0.15) is 0 Å². The maximum atomic E-state index is 13.2. The zero-order valence-electron chi connectivity index (χ0n) is 18.2. The van der Waals surface area contributed by atoms with Crippen molar-refractivity contribution in [2.75, 3.05) is 22.9 Å². The van der Waals surface area contributed by atoms with E-state index in [0.29, 0.717) is 35.9 Å². The number of hydrogen-bond donors (Lipinski definition) is 3. The van der Waals surface area contributed by atoms with Gasteiger partial charge in [-0.15, -0.1) is 0 Å². The second-order valence-corrected chi connectivity index (χ2v) is 8.33. The molecular weight excluding hydrogens is 396 g/mol. The van der Waals surface area contributed by atoms with Gasteiger partial charge < -0.3 is 21.3 Å². The molecule has 2 atom stereocenters. The summed E-state index contributed by atoms with van der Waals surface area (Å²) in [5, 5.41) is 5.26. The van der Waals surface area contributed by atoms with E-state index in [1.807, 2.05) is 13.0 Å². The quantitative estimate of drug-likeness (QED) is 0.649. The average molecular weight is 425 g/mol. The van der Waals surface area contributed by atoms with E-state index >= 15 is 0 Å². The lowest BCUT2D eigenvalue weighted by atomic mass is 9.79. The second-order valence-electron chi connectivity index (χ2n) is 8.33. The van der Waals surface area contributed by atoms with Gasteiger partial charge in [0.1, 0.15) is 11.6 Å². The number of aromatic nitrogens is 2. The van der Waals surface area contributed by atoms with Crippen molar-refractivity contribution in [1.82, 2.24) is 14.9 Å². The van der Waals surface area contributed by atoms with Crippen LogP contribution in [0.5, 0.6) is 0 Å². The van der Waals surface area contributed by atoms with Gasteiger partial charge in [-0.1, -0.05) is 13.0 Å². The topological polar surface area (TPSA) is 130 Å². The Labute approximate surface area is 181 Å². The Balaban J connectivity index is 1.84. The minimum atomic E-state index is -0.728. The first-order valence-corrected chi connectivity index (χ1v) is 10.2. The number of nitrogen functional groups attached to an aromatic ring is 1. The first-order valence-electron chi connectivity index (χ1n) is 10.2. The van der Waals surface area contributed by atoms with Crippen molar-refractivity contribution >= 4 is 35.0 Å². The van der Waals surface area contributed by atoms with E-state index in [-0.39, 0.29) is 11.8 Å². The molecule has 2 aromatic heterocycles. The number of rotatable bonds is 3. The van der Waals surface area contributed by atoms with Crippen molar-refractivity contribution in [2.24, 2.45) is 5.92 Å². The van der Waals surface area contributed by atoms with Gasteiger partial charge in [0.05, 0.1) is 17.4 Å². The molecule has 0 aromatic carbocycles. The van der Waals surface area contributed by atoms with Crippen LogP contribution in [0.15, 0.2) is 30.6 Å². The van der Waals surface area contributed by atoms with Crippen LogP contribution in [0.4, 0.5) is 17.3 Å². The smallest absolute Gasteiger partial charge is 0.313 e. The highest BCUT2D eigenvalue weighted by molar-refractivity contribution is 6.39. The van der Waals surface area contributed by atoms with E-state index in [1.54, 1.807) is 30.2 Å². The number of pyridine rings is 2. The molecule has 3 heterocycles. The molecule has 1 saturated heterocycles. The molecule has 1 fully saturated rings. The van der Waals surface area contributed by atoms with Gasteiger partial charge in [0.15, 0.2) is 0 Å². The van der Waals surface area contributed by atoms with Crippen molar-refractivity contribution in [1.29, 1.82) is 0 Å². The summed E-state index contributed by atoms with van der Waals surface area (Å²) >= 11 is 0. The summed E-state index contributed by atoms with van der Waals surface area (Å²) in [6.07, 6.45) is 4.68. The SMILES string of the molecule is CC(=O)Nc1ccc([C@]2(C)CC[C@H](C)CN2C(=O)C(=O)Nc2cnc(N)c(C)c2)cn1. The molecule has 9 nitrogen and oxygen atoms in total. The molecule has 1 aliphatic heterocycles. The number of hydrogen-bond acceptors (Lipinski definition) is 6. The summed E-state index contributed by atoms with van der Waals surface area (Å²) in [4.78, 5) is 47.1. The Kier molecular flexibility index (Phi) is 6.24. The molecule has 4 N–H and O–H groups in total. The molecule has 0 radical (unpaired) electrons. The lowest BCUT2D eigenvalue weighted by molar-refractivity contribution is -0.150. The summed E-state index contributed by atoms with van der Waals surface area (Å²) in [5.74, 6) is -0.484. The van der Waals surface area contributed by atoms with E-state index in [4.69, 9.17) is 5.73 Å². The zero-order valence-corrected chi connectivity index (χ0v) is 18.2. The second kappa shape index (κ2) is 8.71. The number of nitrogens with zero attached hydrogens (tertiary/aromatic N) is 3. The van der Waals surface area contributed by atoms with Gasteiger partial charge in [0.2, 0.25) is 5.91 Å². The summed E-state index contributed by atoms with van der Waals surface area (Å²) in [6.45, 7) is 7.64. The molecule has 9 heteroatoms. The lowest BCUT2D eigenvalue weighted by Crippen LogP contribution is -2.55. The summed E-state index contributed by atoms with van der Waals surface area (Å²) in [5.41, 5.74) is 6.96. The third-order valence-electron chi connectivity index (χ3n) is 5.72. The van der Waals surface area contributed by atoms with Crippen molar-refractivity contribution in [3.63, 3.8) is 0 Å². The largest absolute Gasteiger partial charge is 0.383 e. The Morgan fingerprint density at radius 3 is 2.55 bits per heavy atom. The van der Waals surface area contributed by atoms with Gasteiger partial charge >= 0.3 is 11.8 Å². The Bertz CT molecular complexity index is 1010. The number of aryl methyl sites for hydroxylation is 1. The fourth-order valence-corrected chi connectivity index (χ4v) is 3.80. The molecule has 0 bridgehead atoms. The van der Waals surface area contributed by atoms with E-state index in [0.717, 1.165) is 12.0 Å². The highest BCUT2D eigenvalue weighted by Crippen LogP contribution is 2.39. The Hall–Kier alpha value is -3.49. The summed E-state index contributed by atoms with van der Waals surface area (Å²) in [6, 6.07) is 5.21. The van der Waals surface area contributed by atoms with Crippen molar-refractivity contribution in [3.05, 3.63) is 41.7 Å². The normalized spacial score (nSPS) is 20.8. The van der Waals surface area contributed by atoms with Gasteiger partial charge in [-0.3, -0.25) is 14.4 Å². The molecule has 0 saturated carbocycles. The van der Waals surface area contributed by atoms with E-state index in [9.17, 15) is 14.4 Å². The van der Waals surface area contributed by atoms with Crippen LogP contribution in [0.1, 0.15) is 44.7 Å². The highest BCUT2D eigenvalue weighted by Gasteiger charge is 2.43. The predicted octanol–water partition coefficient (Wildman–Crippen LogP) is 2.44. The number of carbonyl (C=O) groups is 3. The molecule has 2 aromatic rings. The van der Waals surface area contributed by atoms with Gasteiger partial charge in [0, 0.05) is 19.7 Å². The number of piperidine rings is 1. The number of carbonyl (C=O) groups excluding carboxylic acids is 3. The Morgan fingerprint density at radius 2 is 1.94 bits per heavy atom. The van der Waals surface area contributed by atoms with Crippen molar-refractivity contribution < 1.29 is 14.4 Å². The maximum Gasteiger partial charge on any atom is 0.313 e. The molecule has 3 rings (SSSR count). The number of anilines is 3. The van der Waals surface area contributed by atoms with E-state index in [1.165, 1.54) is 13.1 Å². The molecule has 0 spiro atoms.